The average Bonchev–Trinajstić information content (AvgIpc) is 3.04. The van der Waals surface area contributed by atoms with E-state index in [1.807, 2.05) is 6.92 Å². The molecule has 1 N–H and O–H groups in total. The molecule has 0 radical (unpaired) electrons. The Morgan fingerprint density at radius 1 is 1.39 bits per heavy atom. The van der Waals surface area contributed by atoms with E-state index >= 15 is 0 Å². The summed E-state index contributed by atoms with van der Waals surface area (Å²) in [7, 11) is 1.23. The van der Waals surface area contributed by atoms with Crippen LogP contribution in [0.25, 0.3) is 0 Å². The number of benzene rings is 1. The van der Waals surface area contributed by atoms with Gasteiger partial charge in [0, 0.05) is 11.7 Å². The van der Waals surface area contributed by atoms with Gasteiger partial charge in [0.2, 0.25) is 6.10 Å². The molecular formula is C15H16N2O6. The molecule has 0 saturated carbocycles. The molecule has 1 aromatic rings. The van der Waals surface area contributed by atoms with Gasteiger partial charge in [-0.25, -0.2) is 14.4 Å². The van der Waals surface area contributed by atoms with Crippen molar-refractivity contribution in [2.24, 2.45) is 0 Å². The van der Waals surface area contributed by atoms with E-state index in [4.69, 9.17) is 4.74 Å². The van der Waals surface area contributed by atoms with Crippen LogP contribution >= 0.6 is 0 Å². The summed E-state index contributed by atoms with van der Waals surface area (Å²) >= 11 is 0. The second-order valence-corrected chi connectivity index (χ2v) is 5.52. The van der Waals surface area contributed by atoms with E-state index in [1.54, 1.807) is 18.2 Å². The Kier molecular flexibility index (Phi) is 3.59. The van der Waals surface area contributed by atoms with Crippen molar-refractivity contribution < 1.29 is 29.0 Å². The van der Waals surface area contributed by atoms with E-state index in [2.05, 4.69) is 4.74 Å². The maximum atomic E-state index is 11.9. The molecule has 23 heavy (non-hydrogen) atoms. The van der Waals surface area contributed by atoms with Crippen LogP contribution in [0.2, 0.25) is 0 Å². The van der Waals surface area contributed by atoms with Crippen LogP contribution in [0.1, 0.15) is 12.5 Å². The van der Waals surface area contributed by atoms with Crippen molar-refractivity contribution in [3.05, 3.63) is 23.8 Å². The van der Waals surface area contributed by atoms with Crippen molar-refractivity contribution in [1.82, 2.24) is 0 Å². The molecule has 2 atom stereocenters. The standard InChI is InChI=1S/C15H16N2O6/c1-8-5-9-6-10(3-4-11(9)17(8)14(19)20)16-7-12(13(18)22-2)23-15(16)21/h3-4,6,8,12H,5,7H2,1-2H3,(H,19,20)/t8-,12-/m1/s1. The minimum Gasteiger partial charge on any atom is -0.466 e. The molecule has 8 heteroatoms. The molecule has 1 fully saturated rings. The van der Waals surface area contributed by atoms with Crippen LogP contribution < -0.4 is 9.80 Å². The van der Waals surface area contributed by atoms with Crippen molar-refractivity contribution >= 4 is 29.5 Å². The first-order valence-corrected chi connectivity index (χ1v) is 7.13. The van der Waals surface area contributed by atoms with Crippen molar-refractivity contribution in [3.8, 4) is 0 Å². The first-order chi connectivity index (χ1) is 10.9. The third-order valence-electron chi connectivity index (χ3n) is 4.07. The Bertz CT molecular complexity index is 689. The largest absolute Gasteiger partial charge is 0.466 e. The van der Waals surface area contributed by atoms with Crippen LogP contribution in [-0.2, 0) is 20.7 Å². The summed E-state index contributed by atoms with van der Waals surface area (Å²) in [5, 5.41) is 9.27. The van der Waals surface area contributed by atoms with Gasteiger partial charge in [-0.1, -0.05) is 0 Å². The van der Waals surface area contributed by atoms with E-state index in [0.717, 1.165) is 5.56 Å². The summed E-state index contributed by atoms with van der Waals surface area (Å²) < 4.78 is 9.57. The second-order valence-electron chi connectivity index (χ2n) is 5.52. The minimum atomic E-state index is -1.00. The first kappa shape index (κ1) is 15.1. The molecule has 0 bridgehead atoms. The van der Waals surface area contributed by atoms with Crippen LogP contribution in [0.15, 0.2) is 18.2 Å². The number of carbonyl (C=O) groups excluding carboxylic acids is 2. The summed E-state index contributed by atoms with van der Waals surface area (Å²) in [6, 6.07) is 4.91. The first-order valence-electron chi connectivity index (χ1n) is 7.13. The Balaban J connectivity index is 1.87. The Morgan fingerprint density at radius 3 is 2.78 bits per heavy atom. The Labute approximate surface area is 132 Å². The zero-order valence-electron chi connectivity index (χ0n) is 12.7. The zero-order chi connectivity index (χ0) is 16.7. The van der Waals surface area contributed by atoms with Crippen molar-refractivity contribution in [2.45, 2.75) is 25.5 Å². The van der Waals surface area contributed by atoms with Gasteiger partial charge in [-0.3, -0.25) is 9.80 Å². The number of anilines is 2. The molecule has 0 spiro atoms. The highest BCUT2D eigenvalue weighted by Crippen LogP contribution is 2.36. The molecule has 1 saturated heterocycles. The monoisotopic (exact) mass is 320 g/mol. The maximum Gasteiger partial charge on any atom is 0.415 e. The molecular weight excluding hydrogens is 304 g/mol. The predicted octanol–water partition coefficient (Wildman–Crippen LogP) is 1.61. The average molecular weight is 320 g/mol. The molecule has 2 aliphatic heterocycles. The summed E-state index contributed by atoms with van der Waals surface area (Å²) in [6.07, 6.45) is -2.01. The number of carbonyl (C=O) groups is 3. The van der Waals surface area contributed by atoms with Gasteiger partial charge in [0.1, 0.15) is 0 Å². The topological polar surface area (TPSA) is 96.4 Å². The Hall–Kier alpha value is -2.77. The van der Waals surface area contributed by atoms with E-state index in [1.165, 1.54) is 16.9 Å². The lowest BCUT2D eigenvalue weighted by atomic mass is 10.1. The molecule has 0 aliphatic carbocycles. The van der Waals surface area contributed by atoms with Crippen LogP contribution in [0.5, 0.6) is 0 Å². The number of rotatable bonds is 2. The highest BCUT2D eigenvalue weighted by molar-refractivity contribution is 5.96. The second kappa shape index (κ2) is 5.45. The fraction of sp³-hybridized carbons (Fsp3) is 0.400. The van der Waals surface area contributed by atoms with Gasteiger partial charge in [0.25, 0.3) is 0 Å². The van der Waals surface area contributed by atoms with Gasteiger partial charge < -0.3 is 14.6 Å². The fourth-order valence-electron chi connectivity index (χ4n) is 3.00. The van der Waals surface area contributed by atoms with E-state index in [9.17, 15) is 19.5 Å². The van der Waals surface area contributed by atoms with Crippen LogP contribution in [0, 0.1) is 0 Å². The molecule has 122 valence electrons. The minimum absolute atomic E-state index is 0.0719. The SMILES string of the molecule is COC(=O)[C@H]1CN(c2ccc3c(c2)C[C@@H](C)N3C(=O)O)C(=O)O1. The van der Waals surface area contributed by atoms with E-state index < -0.39 is 24.3 Å². The van der Waals surface area contributed by atoms with Gasteiger partial charge in [-0.2, -0.15) is 0 Å². The number of ether oxygens (including phenoxy) is 2. The number of hydrogen-bond acceptors (Lipinski definition) is 5. The number of cyclic esters (lactones) is 1. The normalized spacial score (nSPS) is 22.8. The summed E-state index contributed by atoms with van der Waals surface area (Å²) in [6.45, 7) is 1.90. The zero-order valence-corrected chi connectivity index (χ0v) is 12.7. The van der Waals surface area contributed by atoms with Crippen LogP contribution in [0.3, 0.4) is 0 Å². The molecule has 1 aromatic carbocycles. The van der Waals surface area contributed by atoms with Gasteiger partial charge >= 0.3 is 18.2 Å². The molecule has 0 aromatic heterocycles. The van der Waals surface area contributed by atoms with E-state index in [0.29, 0.717) is 17.8 Å². The quantitative estimate of drug-likeness (QED) is 0.832. The molecule has 0 unspecified atom stereocenters. The molecule has 2 aliphatic rings. The lowest BCUT2D eigenvalue weighted by Gasteiger charge is -2.19. The lowest BCUT2D eigenvalue weighted by molar-refractivity contribution is -0.148. The molecule has 3 rings (SSSR count). The maximum absolute atomic E-state index is 11.9. The van der Waals surface area contributed by atoms with Gasteiger partial charge in [-0.15, -0.1) is 0 Å². The molecule has 2 heterocycles. The van der Waals surface area contributed by atoms with Crippen molar-refractivity contribution in [1.29, 1.82) is 0 Å². The van der Waals surface area contributed by atoms with Crippen LogP contribution in [-0.4, -0.2) is 49.1 Å². The number of amides is 2. The number of carboxylic acid groups (broad SMARTS) is 1. The van der Waals surface area contributed by atoms with Gasteiger partial charge in [0.05, 0.1) is 19.3 Å². The number of esters is 1. The van der Waals surface area contributed by atoms with E-state index in [-0.39, 0.29) is 12.6 Å². The number of hydrogen-bond donors (Lipinski definition) is 1. The molecule has 8 nitrogen and oxygen atoms in total. The number of fused-ring (bicyclic) bond motifs is 1. The third kappa shape index (κ3) is 2.45. The smallest absolute Gasteiger partial charge is 0.415 e. The summed E-state index contributed by atoms with van der Waals surface area (Å²) in [4.78, 5) is 37.4. The lowest BCUT2D eigenvalue weighted by Crippen LogP contribution is -2.34. The summed E-state index contributed by atoms with van der Waals surface area (Å²) in [5.41, 5.74) is 2.03. The number of methoxy groups -OCH3 is 1. The van der Waals surface area contributed by atoms with Crippen molar-refractivity contribution in [2.75, 3.05) is 23.5 Å². The molecule has 2 amide bonds. The fourth-order valence-corrected chi connectivity index (χ4v) is 3.00. The highest BCUT2D eigenvalue weighted by atomic mass is 16.6. The van der Waals surface area contributed by atoms with Crippen LogP contribution in [0.4, 0.5) is 21.0 Å². The third-order valence-corrected chi connectivity index (χ3v) is 4.07. The summed E-state index contributed by atoms with van der Waals surface area (Å²) in [5.74, 6) is -0.604. The van der Waals surface area contributed by atoms with Gasteiger partial charge in [0.15, 0.2) is 0 Å². The Morgan fingerprint density at radius 2 is 2.13 bits per heavy atom. The highest BCUT2D eigenvalue weighted by Gasteiger charge is 2.39. The van der Waals surface area contributed by atoms with Gasteiger partial charge in [-0.05, 0) is 37.1 Å². The predicted molar refractivity (Wildman–Crippen MR) is 79.7 cm³/mol. The number of nitrogens with zero attached hydrogens (tertiary/aromatic N) is 2. The van der Waals surface area contributed by atoms with Crippen molar-refractivity contribution in [3.63, 3.8) is 0 Å².